The molecule has 6 nitrogen and oxygen atoms in total. The fourth-order valence-corrected chi connectivity index (χ4v) is 4.09. The molecule has 0 saturated carbocycles. The summed E-state index contributed by atoms with van der Waals surface area (Å²) >= 11 is 1.42. The minimum atomic E-state index is -0.110. The highest BCUT2D eigenvalue weighted by Gasteiger charge is 2.21. The van der Waals surface area contributed by atoms with Crippen molar-refractivity contribution in [3.8, 4) is 16.3 Å². The van der Waals surface area contributed by atoms with Crippen LogP contribution in [0.25, 0.3) is 21.5 Å². The molecule has 0 unspecified atom stereocenters. The maximum absolute atomic E-state index is 13.1. The van der Waals surface area contributed by atoms with Crippen LogP contribution in [0.15, 0.2) is 26.9 Å². The first-order chi connectivity index (χ1) is 12.5. The number of benzene rings is 1. The number of phenolic OH excluding ortho intramolecular Hbond substituents is 1. The van der Waals surface area contributed by atoms with E-state index >= 15 is 0 Å². The SMILES string of the molecule is Cc1csc(-c2coc3c(CN4CCOCC4)c(O)cc(C)c3c2=O)n1. The Morgan fingerprint density at radius 2 is 2.08 bits per heavy atom. The van der Waals surface area contributed by atoms with E-state index in [1.54, 1.807) is 6.07 Å². The summed E-state index contributed by atoms with van der Waals surface area (Å²) in [6.07, 6.45) is 1.46. The highest BCUT2D eigenvalue weighted by Crippen LogP contribution is 2.32. The number of aryl methyl sites for hydroxylation is 2. The summed E-state index contributed by atoms with van der Waals surface area (Å²) in [5.41, 5.74) is 3.03. The minimum Gasteiger partial charge on any atom is -0.507 e. The van der Waals surface area contributed by atoms with Gasteiger partial charge in [-0.1, -0.05) is 0 Å². The van der Waals surface area contributed by atoms with Gasteiger partial charge in [-0.15, -0.1) is 11.3 Å². The van der Waals surface area contributed by atoms with Crippen molar-refractivity contribution >= 4 is 22.3 Å². The van der Waals surface area contributed by atoms with Crippen molar-refractivity contribution in [1.82, 2.24) is 9.88 Å². The number of morpholine rings is 1. The summed E-state index contributed by atoms with van der Waals surface area (Å²) in [4.78, 5) is 19.7. The summed E-state index contributed by atoms with van der Waals surface area (Å²) in [6, 6.07) is 1.64. The van der Waals surface area contributed by atoms with Gasteiger partial charge in [0.05, 0.1) is 29.7 Å². The number of ether oxygens (including phenoxy) is 1. The van der Waals surface area contributed by atoms with Crippen LogP contribution in [-0.2, 0) is 11.3 Å². The van der Waals surface area contributed by atoms with Crippen molar-refractivity contribution in [2.75, 3.05) is 26.3 Å². The Morgan fingerprint density at radius 3 is 2.77 bits per heavy atom. The minimum absolute atomic E-state index is 0.110. The second-order valence-corrected chi connectivity index (χ2v) is 7.41. The molecule has 0 bridgehead atoms. The molecule has 0 aliphatic carbocycles. The second kappa shape index (κ2) is 6.83. The average molecular weight is 372 g/mol. The van der Waals surface area contributed by atoms with Crippen LogP contribution in [0.4, 0.5) is 0 Å². The summed E-state index contributed by atoms with van der Waals surface area (Å²) < 4.78 is 11.2. The molecule has 1 aliphatic heterocycles. The van der Waals surface area contributed by atoms with E-state index < -0.39 is 0 Å². The number of hydrogen-bond donors (Lipinski definition) is 1. The normalized spacial score (nSPS) is 15.6. The van der Waals surface area contributed by atoms with Crippen LogP contribution in [0.3, 0.4) is 0 Å². The van der Waals surface area contributed by atoms with Gasteiger partial charge < -0.3 is 14.3 Å². The monoisotopic (exact) mass is 372 g/mol. The van der Waals surface area contributed by atoms with Crippen molar-refractivity contribution in [2.24, 2.45) is 0 Å². The van der Waals surface area contributed by atoms with Crippen LogP contribution < -0.4 is 5.43 Å². The zero-order valence-corrected chi connectivity index (χ0v) is 15.6. The standard InChI is InChI=1S/C19H20N2O4S/c1-11-7-15(22)13(8-21-3-5-24-6-4-21)18-16(11)17(23)14(9-25-18)19-20-12(2)10-26-19/h7,9-10,22H,3-6,8H2,1-2H3. The van der Waals surface area contributed by atoms with Crippen molar-refractivity contribution in [3.63, 3.8) is 0 Å². The fraction of sp³-hybridized carbons (Fsp3) is 0.368. The van der Waals surface area contributed by atoms with Gasteiger partial charge in [0, 0.05) is 30.7 Å². The summed E-state index contributed by atoms with van der Waals surface area (Å²) in [5, 5.41) is 13.5. The van der Waals surface area contributed by atoms with E-state index in [-0.39, 0.29) is 11.2 Å². The number of rotatable bonds is 3. The third kappa shape index (κ3) is 3.02. The van der Waals surface area contributed by atoms with E-state index in [4.69, 9.17) is 9.15 Å². The molecule has 0 amide bonds. The van der Waals surface area contributed by atoms with E-state index in [1.165, 1.54) is 17.6 Å². The van der Waals surface area contributed by atoms with E-state index in [0.717, 1.165) is 18.8 Å². The summed E-state index contributed by atoms with van der Waals surface area (Å²) in [6.45, 7) is 7.14. The lowest BCUT2D eigenvalue weighted by molar-refractivity contribution is 0.0339. The Labute approximate surface area is 154 Å². The van der Waals surface area contributed by atoms with Crippen LogP contribution in [-0.4, -0.2) is 41.3 Å². The molecular formula is C19H20N2O4S. The second-order valence-electron chi connectivity index (χ2n) is 6.56. The van der Waals surface area contributed by atoms with Crippen LogP contribution in [0, 0.1) is 13.8 Å². The van der Waals surface area contributed by atoms with E-state index in [0.29, 0.717) is 52.4 Å². The van der Waals surface area contributed by atoms with Crippen LogP contribution in [0.5, 0.6) is 5.75 Å². The molecule has 0 spiro atoms. The summed E-state index contributed by atoms with van der Waals surface area (Å²) in [5.74, 6) is 0.155. The topological polar surface area (TPSA) is 75.8 Å². The molecule has 1 aliphatic rings. The van der Waals surface area contributed by atoms with Crippen molar-refractivity contribution in [1.29, 1.82) is 0 Å². The first kappa shape index (κ1) is 17.2. The van der Waals surface area contributed by atoms with Gasteiger partial charge in [0.2, 0.25) is 5.43 Å². The molecular weight excluding hydrogens is 352 g/mol. The first-order valence-electron chi connectivity index (χ1n) is 8.54. The number of aromatic hydroxyl groups is 1. The van der Waals surface area contributed by atoms with Gasteiger partial charge in [-0.05, 0) is 25.5 Å². The van der Waals surface area contributed by atoms with Crippen LogP contribution in [0.1, 0.15) is 16.8 Å². The number of phenols is 1. The quantitative estimate of drug-likeness (QED) is 0.761. The molecule has 136 valence electrons. The Kier molecular flexibility index (Phi) is 4.52. The first-order valence-corrected chi connectivity index (χ1v) is 9.42. The van der Waals surface area contributed by atoms with Crippen LogP contribution >= 0.6 is 11.3 Å². The highest BCUT2D eigenvalue weighted by atomic mass is 32.1. The molecule has 26 heavy (non-hydrogen) atoms. The van der Waals surface area contributed by atoms with Gasteiger partial charge in [0.15, 0.2) is 0 Å². The van der Waals surface area contributed by atoms with Gasteiger partial charge >= 0.3 is 0 Å². The number of fused-ring (bicyclic) bond motifs is 1. The maximum Gasteiger partial charge on any atom is 0.203 e. The number of thiazole rings is 1. The lowest BCUT2D eigenvalue weighted by Crippen LogP contribution is -2.35. The Bertz CT molecular complexity index is 1020. The maximum atomic E-state index is 13.1. The van der Waals surface area contributed by atoms with Gasteiger partial charge in [0.25, 0.3) is 0 Å². The Hall–Kier alpha value is -2.22. The molecule has 0 radical (unpaired) electrons. The molecule has 2 aromatic heterocycles. The van der Waals surface area contributed by atoms with Crippen molar-refractivity contribution in [2.45, 2.75) is 20.4 Å². The number of nitrogens with zero attached hydrogens (tertiary/aromatic N) is 2. The number of aromatic nitrogens is 1. The lowest BCUT2D eigenvalue weighted by Gasteiger charge is -2.27. The molecule has 1 aromatic carbocycles. The predicted molar refractivity (Wildman–Crippen MR) is 101 cm³/mol. The molecule has 4 rings (SSSR count). The van der Waals surface area contributed by atoms with Crippen LogP contribution in [0.2, 0.25) is 0 Å². The Morgan fingerprint density at radius 1 is 1.31 bits per heavy atom. The van der Waals surface area contributed by atoms with E-state index in [1.807, 2.05) is 19.2 Å². The zero-order valence-electron chi connectivity index (χ0n) is 14.7. The molecule has 0 atom stereocenters. The fourth-order valence-electron chi connectivity index (χ4n) is 3.29. The molecule has 3 heterocycles. The van der Waals surface area contributed by atoms with Gasteiger partial charge in [-0.2, -0.15) is 0 Å². The highest BCUT2D eigenvalue weighted by molar-refractivity contribution is 7.13. The third-order valence-corrected chi connectivity index (χ3v) is 5.65. The van der Waals surface area contributed by atoms with Gasteiger partial charge in [-0.3, -0.25) is 9.69 Å². The molecule has 3 aromatic rings. The molecule has 1 N–H and O–H groups in total. The smallest absolute Gasteiger partial charge is 0.203 e. The zero-order chi connectivity index (χ0) is 18.3. The van der Waals surface area contributed by atoms with Gasteiger partial charge in [0.1, 0.15) is 22.6 Å². The summed E-state index contributed by atoms with van der Waals surface area (Å²) in [7, 11) is 0. The molecule has 1 saturated heterocycles. The third-order valence-electron chi connectivity index (χ3n) is 4.66. The Balaban J connectivity index is 1.86. The molecule has 1 fully saturated rings. The van der Waals surface area contributed by atoms with Crippen molar-refractivity contribution < 1.29 is 14.3 Å². The van der Waals surface area contributed by atoms with E-state index in [2.05, 4.69) is 9.88 Å². The average Bonchev–Trinajstić information content (AvgIpc) is 3.05. The van der Waals surface area contributed by atoms with E-state index in [9.17, 15) is 9.90 Å². The lowest BCUT2D eigenvalue weighted by atomic mass is 10.0. The largest absolute Gasteiger partial charge is 0.507 e. The predicted octanol–water partition coefficient (Wildman–Crippen LogP) is 3.07. The van der Waals surface area contributed by atoms with Crippen molar-refractivity contribution in [3.05, 3.63) is 44.8 Å². The molecule has 7 heteroatoms. The van der Waals surface area contributed by atoms with Gasteiger partial charge in [-0.25, -0.2) is 4.98 Å². The number of hydrogen-bond acceptors (Lipinski definition) is 7.